The maximum absolute atomic E-state index is 12.0. The van der Waals surface area contributed by atoms with E-state index in [0.717, 1.165) is 54.7 Å². The molecule has 2 aromatic heterocycles. The highest BCUT2D eigenvalue weighted by atomic mass is 16.5. The average Bonchev–Trinajstić information content (AvgIpc) is 3.17. The van der Waals surface area contributed by atoms with Gasteiger partial charge in [-0.15, -0.1) is 0 Å². The predicted octanol–water partition coefficient (Wildman–Crippen LogP) is 4.23. The lowest BCUT2D eigenvalue weighted by Gasteiger charge is -2.27. The molecule has 2 N–H and O–H groups in total. The Morgan fingerprint density at radius 3 is 2.82 bits per heavy atom. The topological polar surface area (TPSA) is 116 Å². The Morgan fingerprint density at radius 2 is 2.09 bits per heavy atom. The Bertz CT molecular complexity index is 958. The van der Waals surface area contributed by atoms with Gasteiger partial charge in [0.2, 0.25) is 0 Å². The first-order chi connectivity index (χ1) is 15.9. The molecule has 1 saturated carbocycles. The minimum atomic E-state index is -0.754. The van der Waals surface area contributed by atoms with Crippen LogP contribution in [0, 0.1) is 12.8 Å². The normalized spacial score (nSPS) is 18.0. The molecule has 0 saturated heterocycles. The SMILES string of the molecule is CCCCCOC(=O)NCc1c(-c2ccc(O[C@H]3CCC[C@H](C(=O)O)C3)c(C)n2)cnn1C. The third kappa shape index (κ3) is 6.69. The summed E-state index contributed by atoms with van der Waals surface area (Å²) in [4.78, 5) is 28.0. The van der Waals surface area contributed by atoms with E-state index in [9.17, 15) is 14.7 Å². The Hall–Kier alpha value is -3.10. The predicted molar refractivity (Wildman–Crippen MR) is 123 cm³/mol. The molecule has 2 heterocycles. The summed E-state index contributed by atoms with van der Waals surface area (Å²) in [7, 11) is 1.82. The van der Waals surface area contributed by atoms with Crippen LogP contribution in [0.5, 0.6) is 5.75 Å². The molecule has 1 aliphatic carbocycles. The van der Waals surface area contributed by atoms with Crippen LogP contribution in [0.3, 0.4) is 0 Å². The van der Waals surface area contributed by atoms with Crippen LogP contribution in [0.1, 0.15) is 63.3 Å². The van der Waals surface area contributed by atoms with Gasteiger partial charge < -0.3 is 19.9 Å². The van der Waals surface area contributed by atoms with Crippen molar-refractivity contribution in [2.24, 2.45) is 13.0 Å². The zero-order valence-electron chi connectivity index (χ0n) is 19.7. The van der Waals surface area contributed by atoms with Gasteiger partial charge in [-0.05, 0) is 51.2 Å². The highest BCUT2D eigenvalue weighted by Crippen LogP contribution is 2.31. The average molecular weight is 459 g/mol. The van der Waals surface area contributed by atoms with E-state index in [-0.39, 0.29) is 18.6 Å². The number of aliphatic carboxylic acids is 1. The summed E-state index contributed by atoms with van der Waals surface area (Å²) >= 11 is 0. The van der Waals surface area contributed by atoms with E-state index in [1.165, 1.54) is 0 Å². The molecule has 3 rings (SSSR count). The molecule has 1 aliphatic rings. The van der Waals surface area contributed by atoms with Gasteiger partial charge in [0, 0.05) is 12.6 Å². The van der Waals surface area contributed by atoms with Crippen molar-refractivity contribution in [1.82, 2.24) is 20.1 Å². The van der Waals surface area contributed by atoms with Crippen LogP contribution in [0.25, 0.3) is 11.3 Å². The second-order valence-corrected chi connectivity index (χ2v) is 8.55. The Balaban J connectivity index is 1.64. The zero-order valence-corrected chi connectivity index (χ0v) is 19.7. The van der Waals surface area contributed by atoms with Gasteiger partial charge in [0.05, 0.1) is 48.5 Å². The molecule has 180 valence electrons. The molecule has 0 spiro atoms. The highest BCUT2D eigenvalue weighted by Gasteiger charge is 2.28. The molecule has 1 amide bonds. The quantitative estimate of drug-likeness (QED) is 0.512. The van der Waals surface area contributed by atoms with Gasteiger partial charge in [0.15, 0.2) is 0 Å². The van der Waals surface area contributed by atoms with Gasteiger partial charge in [0.25, 0.3) is 0 Å². The number of nitrogens with one attached hydrogen (secondary N) is 1. The van der Waals surface area contributed by atoms with Crippen molar-refractivity contribution >= 4 is 12.1 Å². The van der Waals surface area contributed by atoms with Crippen molar-refractivity contribution in [2.45, 2.75) is 71.4 Å². The fraction of sp³-hybridized carbons (Fsp3) is 0.583. The largest absolute Gasteiger partial charge is 0.489 e. The van der Waals surface area contributed by atoms with Crippen molar-refractivity contribution < 1.29 is 24.2 Å². The number of aryl methyl sites for hydroxylation is 2. The van der Waals surface area contributed by atoms with Crippen LogP contribution < -0.4 is 10.1 Å². The first kappa shape index (κ1) is 24.5. The summed E-state index contributed by atoms with van der Waals surface area (Å²) in [5.74, 6) is -0.440. The third-order valence-electron chi connectivity index (χ3n) is 6.03. The van der Waals surface area contributed by atoms with E-state index >= 15 is 0 Å². The van der Waals surface area contributed by atoms with E-state index < -0.39 is 12.1 Å². The van der Waals surface area contributed by atoms with Gasteiger partial charge in [-0.3, -0.25) is 9.48 Å². The molecule has 0 aromatic carbocycles. The number of aromatic nitrogens is 3. The van der Waals surface area contributed by atoms with Gasteiger partial charge in [-0.25, -0.2) is 9.78 Å². The number of hydrogen-bond acceptors (Lipinski definition) is 6. The van der Waals surface area contributed by atoms with Gasteiger partial charge in [-0.1, -0.05) is 19.8 Å². The molecule has 0 unspecified atom stereocenters. The number of ether oxygens (including phenoxy) is 2. The maximum atomic E-state index is 12.0. The molecule has 1 fully saturated rings. The summed E-state index contributed by atoms with van der Waals surface area (Å²) < 4.78 is 13.0. The van der Waals surface area contributed by atoms with Gasteiger partial charge >= 0.3 is 12.1 Å². The van der Waals surface area contributed by atoms with Crippen LogP contribution in [0.15, 0.2) is 18.3 Å². The molecule has 0 bridgehead atoms. The van der Waals surface area contributed by atoms with Crippen LogP contribution in [-0.2, 0) is 23.1 Å². The molecule has 9 heteroatoms. The number of carbonyl (C=O) groups excluding carboxylic acids is 1. The molecule has 2 atom stereocenters. The van der Waals surface area contributed by atoms with E-state index in [0.29, 0.717) is 25.2 Å². The monoisotopic (exact) mass is 458 g/mol. The number of nitrogens with zero attached hydrogens (tertiary/aromatic N) is 3. The number of amides is 1. The minimum absolute atomic E-state index is 0.118. The summed E-state index contributed by atoms with van der Waals surface area (Å²) in [5.41, 5.74) is 3.09. The first-order valence-corrected chi connectivity index (χ1v) is 11.7. The zero-order chi connectivity index (χ0) is 23.8. The Labute approximate surface area is 194 Å². The van der Waals surface area contributed by atoms with Crippen molar-refractivity contribution in [3.05, 3.63) is 29.7 Å². The summed E-state index contributed by atoms with van der Waals surface area (Å²) in [6.07, 6.45) is 7.04. The lowest BCUT2D eigenvalue weighted by atomic mass is 9.87. The molecule has 2 aromatic rings. The minimum Gasteiger partial charge on any atom is -0.489 e. The van der Waals surface area contributed by atoms with E-state index in [1.54, 1.807) is 10.9 Å². The lowest BCUT2D eigenvalue weighted by molar-refractivity contribution is -0.143. The van der Waals surface area contributed by atoms with E-state index in [2.05, 4.69) is 17.3 Å². The summed E-state index contributed by atoms with van der Waals surface area (Å²) in [5, 5.41) is 16.4. The first-order valence-electron chi connectivity index (χ1n) is 11.7. The number of pyridine rings is 1. The van der Waals surface area contributed by atoms with Crippen molar-refractivity contribution in [1.29, 1.82) is 0 Å². The number of unbranched alkanes of at least 4 members (excludes halogenated alkanes) is 2. The van der Waals surface area contributed by atoms with Crippen molar-refractivity contribution in [3.63, 3.8) is 0 Å². The lowest BCUT2D eigenvalue weighted by Crippen LogP contribution is -2.29. The smallest absolute Gasteiger partial charge is 0.407 e. The molecular weight excluding hydrogens is 424 g/mol. The summed E-state index contributed by atoms with van der Waals surface area (Å²) in [6.45, 7) is 4.66. The highest BCUT2D eigenvalue weighted by molar-refractivity contribution is 5.70. The molecule has 0 radical (unpaired) electrons. The third-order valence-corrected chi connectivity index (χ3v) is 6.03. The second kappa shape index (κ2) is 11.7. The van der Waals surface area contributed by atoms with Crippen molar-refractivity contribution in [3.8, 4) is 17.0 Å². The number of carboxylic acid groups (broad SMARTS) is 1. The second-order valence-electron chi connectivity index (χ2n) is 8.55. The fourth-order valence-corrected chi connectivity index (χ4v) is 4.09. The number of alkyl carbamates (subject to hydrolysis) is 1. The Morgan fingerprint density at radius 1 is 1.27 bits per heavy atom. The number of rotatable bonds is 10. The maximum Gasteiger partial charge on any atom is 0.407 e. The number of hydrogen-bond donors (Lipinski definition) is 2. The van der Waals surface area contributed by atoms with Crippen LogP contribution in [0.4, 0.5) is 4.79 Å². The Kier molecular flexibility index (Phi) is 8.68. The molecular formula is C24H34N4O5. The van der Waals surface area contributed by atoms with Gasteiger partial charge in [0.1, 0.15) is 5.75 Å². The van der Waals surface area contributed by atoms with E-state index in [4.69, 9.17) is 14.5 Å². The molecule has 0 aliphatic heterocycles. The summed E-state index contributed by atoms with van der Waals surface area (Å²) in [6, 6.07) is 3.73. The molecule has 33 heavy (non-hydrogen) atoms. The van der Waals surface area contributed by atoms with Crippen LogP contribution in [0.2, 0.25) is 0 Å². The van der Waals surface area contributed by atoms with E-state index in [1.807, 2.05) is 26.1 Å². The number of carboxylic acids is 1. The van der Waals surface area contributed by atoms with Gasteiger partial charge in [-0.2, -0.15) is 5.10 Å². The fourth-order valence-electron chi connectivity index (χ4n) is 4.09. The molecule has 9 nitrogen and oxygen atoms in total. The number of carbonyl (C=O) groups is 2. The van der Waals surface area contributed by atoms with Crippen LogP contribution >= 0.6 is 0 Å². The van der Waals surface area contributed by atoms with Crippen molar-refractivity contribution in [2.75, 3.05) is 6.61 Å². The standard InChI is InChI=1S/C24H34N4O5/c1-4-5-6-12-32-24(31)25-15-21-19(14-26-28(21)3)20-10-11-22(16(2)27-20)33-18-9-7-8-17(13-18)23(29)30/h10-11,14,17-18H,4-9,12-13,15H2,1-3H3,(H,25,31)(H,29,30)/t17-,18-/m0/s1. The van der Waals surface area contributed by atoms with Crippen LogP contribution in [-0.4, -0.2) is 44.6 Å².